The lowest BCUT2D eigenvalue weighted by molar-refractivity contribution is -0.150. The first kappa shape index (κ1) is 9.66. The molecule has 0 aromatic carbocycles. The second kappa shape index (κ2) is 3.99. The Bertz CT molecular complexity index is 296. The Balaban J connectivity index is 2.39. The third-order valence-electron chi connectivity index (χ3n) is 1.38. The lowest BCUT2D eigenvalue weighted by Gasteiger charge is -2.04. The maximum Gasteiger partial charge on any atom is 0.332 e. The van der Waals surface area contributed by atoms with E-state index < -0.39 is 12.1 Å². The summed E-state index contributed by atoms with van der Waals surface area (Å²) >= 11 is 0. The summed E-state index contributed by atoms with van der Waals surface area (Å²) in [7, 11) is 0. The topological polar surface area (TPSA) is 85.5 Å². The van der Waals surface area contributed by atoms with Crippen LogP contribution in [0.2, 0.25) is 0 Å². The summed E-state index contributed by atoms with van der Waals surface area (Å²) in [5, 5.41) is 12.0. The molecule has 6 nitrogen and oxygen atoms in total. The molecule has 1 atom stereocenters. The van der Waals surface area contributed by atoms with Crippen molar-refractivity contribution < 1.29 is 19.2 Å². The Hall–Kier alpha value is -1.43. The number of carboxylic acids is 1. The van der Waals surface area contributed by atoms with Gasteiger partial charge in [0.05, 0.1) is 0 Å². The van der Waals surface area contributed by atoms with E-state index in [1.54, 1.807) is 6.92 Å². The Morgan fingerprint density at radius 1 is 1.77 bits per heavy atom. The quantitative estimate of drug-likeness (QED) is 0.731. The van der Waals surface area contributed by atoms with Crippen LogP contribution >= 0.6 is 0 Å². The number of nitrogens with zero attached hydrogens (tertiary/aromatic N) is 2. The highest BCUT2D eigenvalue weighted by atomic mass is 16.5. The van der Waals surface area contributed by atoms with Crippen LogP contribution in [0.5, 0.6) is 0 Å². The molecule has 0 spiro atoms. The Morgan fingerprint density at radius 2 is 2.46 bits per heavy atom. The van der Waals surface area contributed by atoms with E-state index in [-0.39, 0.29) is 6.61 Å². The second-order valence-electron chi connectivity index (χ2n) is 2.52. The minimum atomic E-state index is -1.01. The first-order chi connectivity index (χ1) is 6.09. The highest BCUT2D eigenvalue weighted by molar-refractivity contribution is 5.71. The van der Waals surface area contributed by atoms with Gasteiger partial charge in [0.1, 0.15) is 6.61 Å². The molecule has 0 radical (unpaired) electrons. The number of hydrogen-bond acceptors (Lipinski definition) is 5. The van der Waals surface area contributed by atoms with Gasteiger partial charge in [-0.15, -0.1) is 0 Å². The number of aromatic nitrogens is 2. The van der Waals surface area contributed by atoms with E-state index >= 15 is 0 Å². The standard InChI is InChI=1S/C7H10N2O4/c1-4(7(10)11)12-3-6-8-5(2)13-9-6/h4H,3H2,1-2H3,(H,10,11)/t4-/m1/s1. The summed E-state index contributed by atoms with van der Waals surface area (Å²) in [4.78, 5) is 14.2. The molecule has 0 bridgehead atoms. The van der Waals surface area contributed by atoms with Gasteiger partial charge in [-0.2, -0.15) is 4.98 Å². The number of carbonyl (C=O) groups is 1. The van der Waals surface area contributed by atoms with Crippen molar-refractivity contribution in [3.63, 3.8) is 0 Å². The number of carboxylic acid groups (broad SMARTS) is 1. The molecular weight excluding hydrogens is 176 g/mol. The third kappa shape index (κ3) is 2.83. The molecule has 0 fully saturated rings. The minimum absolute atomic E-state index is 0.0464. The largest absolute Gasteiger partial charge is 0.479 e. The van der Waals surface area contributed by atoms with Crippen LogP contribution in [0.1, 0.15) is 18.6 Å². The van der Waals surface area contributed by atoms with Gasteiger partial charge in [-0.1, -0.05) is 5.16 Å². The summed E-state index contributed by atoms with van der Waals surface area (Å²) in [6, 6.07) is 0. The van der Waals surface area contributed by atoms with Crippen molar-refractivity contribution in [1.82, 2.24) is 10.1 Å². The van der Waals surface area contributed by atoms with Crippen molar-refractivity contribution in [3.05, 3.63) is 11.7 Å². The lowest BCUT2D eigenvalue weighted by Crippen LogP contribution is -2.19. The van der Waals surface area contributed by atoms with Gasteiger partial charge >= 0.3 is 5.97 Å². The van der Waals surface area contributed by atoms with Gasteiger partial charge in [0.25, 0.3) is 0 Å². The van der Waals surface area contributed by atoms with Crippen molar-refractivity contribution in [2.75, 3.05) is 0 Å². The predicted octanol–water partition coefficient (Wildman–Crippen LogP) is 0.368. The Kier molecular flexibility index (Phi) is 2.97. The third-order valence-corrected chi connectivity index (χ3v) is 1.38. The maximum atomic E-state index is 10.3. The fourth-order valence-corrected chi connectivity index (χ4v) is 0.671. The molecule has 0 unspecified atom stereocenters. The van der Waals surface area contributed by atoms with Gasteiger partial charge in [-0.3, -0.25) is 0 Å². The normalized spacial score (nSPS) is 12.8. The molecule has 1 aromatic rings. The summed E-state index contributed by atoms with van der Waals surface area (Å²) in [6.45, 7) is 3.14. The van der Waals surface area contributed by atoms with Gasteiger partial charge in [0.15, 0.2) is 11.9 Å². The molecule has 1 heterocycles. The van der Waals surface area contributed by atoms with Crippen molar-refractivity contribution in [1.29, 1.82) is 0 Å². The molecule has 72 valence electrons. The number of aliphatic carboxylic acids is 1. The van der Waals surface area contributed by atoms with Crippen LogP contribution < -0.4 is 0 Å². The van der Waals surface area contributed by atoms with E-state index in [9.17, 15) is 4.79 Å². The van der Waals surface area contributed by atoms with E-state index in [1.807, 2.05) is 0 Å². The fourth-order valence-electron chi connectivity index (χ4n) is 0.671. The summed E-state index contributed by atoms with van der Waals surface area (Å²) in [5.74, 6) is -0.229. The van der Waals surface area contributed by atoms with Crippen molar-refractivity contribution in [2.45, 2.75) is 26.6 Å². The van der Waals surface area contributed by atoms with Crippen LogP contribution in [0.25, 0.3) is 0 Å². The Morgan fingerprint density at radius 3 is 2.92 bits per heavy atom. The second-order valence-corrected chi connectivity index (χ2v) is 2.52. The molecule has 6 heteroatoms. The summed E-state index contributed by atoms with van der Waals surface area (Å²) in [6.07, 6.45) is -0.862. The molecular formula is C7H10N2O4. The van der Waals surface area contributed by atoms with Crippen molar-refractivity contribution in [2.24, 2.45) is 0 Å². The predicted molar refractivity (Wildman–Crippen MR) is 40.9 cm³/mol. The maximum absolute atomic E-state index is 10.3. The number of hydrogen-bond donors (Lipinski definition) is 1. The minimum Gasteiger partial charge on any atom is -0.479 e. The number of ether oxygens (including phenoxy) is 1. The van der Waals surface area contributed by atoms with Gasteiger partial charge in [-0.25, -0.2) is 4.79 Å². The molecule has 0 amide bonds. The average Bonchev–Trinajstić information content (AvgIpc) is 2.47. The highest BCUT2D eigenvalue weighted by Gasteiger charge is 2.12. The molecule has 0 saturated carbocycles. The molecule has 0 aliphatic rings. The van der Waals surface area contributed by atoms with Crippen LogP contribution in [-0.4, -0.2) is 27.3 Å². The zero-order valence-electron chi connectivity index (χ0n) is 7.35. The van der Waals surface area contributed by atoms with Gasteiger partial charge < -0.3 is 14.4 Å². The molecule has 0 aliphatic heterocycles. The average molecular weight is 186 g/mol. The fraction of sp³-hybridized carbons (Fsp3) is 0.571. The number of aryl methyl sites for hydroxylation is 1. The van der Waals surface area contributed by atoms with E-state index in [2.05, 4.69) is 14.7 Å². The molecule has 0 aliphatic carbocycles. The zero-order valence-corrected chi connectivity index (χ0v) is 7.35. The van der Waals surface area contributed by atoms with E-state index in [4.69, 9.17) is 9.84 Å². The van der Waals surface area contributed by atoms with Crippen LogP contribution in [0, 0.1) is 6.92 Å². The molecule has 0 saturated heterocycles. The first-order valence-corrected chi connectivity index (χ1v) is 3.73. The van der Waals surface area contributed by atoms with Crippen LogP contribution in [0.4, 0.5) is 0 Å². The smallest absolute Gasteiger partial charge is 0.332 e. The van der Waals surface area contributed by atoms with Crippen LogP contribution in [0.15, 0.2) is 4.52 Å². The van der Waals surface area contributed by atoms with Crippen LogP contribution in [-0.2, 0) is 16.1 Å². The zero-order chi connectivity index (χ0) is 9.84. The van der Waals surface area contributed by atoms with Crippen molar-refractivity contribution in [3.8, 4) is 0 Å². The Labute approximate surface area is 74.5 Å². The number of rotatable bonds is 4. The summed E-state index contributed by atoms with van der Waals surface area (Å²) in [5.41, 5.74) is 0. The van der Waals surface area contributed by atoms with E-state index in [0.717, 1.165) is 0 Å². The van der Waals surface area contributed by atoms with E-state index in [0.29, 0.717) is 11.7 Å². The van der Waals surface area contributed by atoms with E-state index in [1.165, 1.54) is 6.92 Å². The SMILES string of the molecule is Cc1nc(CO[C@H](C)C(=O)O)no1. The first-order valence-electron chi connectivity index (χ1n) is 3.73. The van der Waals surface area contributed by atoms with Gasteiger partial charge in [-0.05, 0) is 6.92 Å². The lowest BCUT2D eigenvalue weighted by atomic mass is 10.4. The van der Waals surface area contributed by atoms with Gasteiger partial charge in [0, 0.05) is 6.92 Å². The molecule has 1 rings (SSSR count). The monoisotopic (exact) mass is 186 g/mol. The highest BCUT2D eigenvalue weighted by Crippen LogP contribution is 2.00. The molecule has 1 N–H and O–H groups in total. The summed E-state index contributed by atoms with van der Waals surface area (Å²) < 4.78 is 9.59. The van der Waals surface area contributed by atoms with Gasteiger partial charge in [0.2, 0.25) is 5.89 Å². The van der Waals surface area contributed by atoms with Crippen molar-refractivity contribution >= 4 is 5.97 Å². The molecule has 1 aromatic heterocycles. The molecule has 13 heavy (non-hydrogen) atoms. The van der Waals surface area contributed by atoms with Crippen LogP contribution in [0.3, 0.4) is 0 Å².